The molecule has 0 saturated carbocycles. The summed E-state index contributed by atoms with van der Waals surface area (Å²) in [5, 5.41) is 9.95. The Bertz CT molecular complexity index is 1110. The van der Waals surface area contributed by atoms with Crippen molar-refractivity contribution in [1.29, 1.82) is 0 Å². The molecule has 1 fully saturated rings. The summed E-state index contributed by atoms with van der Waals surface area (Å²) < 4.78 is 35.6. The fourth-order valence-electron chi connectivity index (χ4n) is 3.90. The lowest BCUT2D eigenvalue weighted by molar-refractivity contribution is 0.103. The van der Waals surface area contributed by atoms with Crippen LogP contribution in [0.15, 0.2) is 47.0 Å². The Morgan fingerprint density at radius 2 is 2.12 bits per heavy atom. The Kier molecular flexibility index (Phi) is 7.31. The van der Waals surface area contributed by atoms with Crippen LogP contribution in [0, 0.1) is 0 Å². The van der Waals surface area contributed by atoms with Crippen molar-refractivity contribution < 1.29 is 22.7 Å². The lowest BCUT2D eigenvalue weighted by atomic mass is 10.1. The number of likely N-dealkylation sites (N-methyl/N-ethyl adjacent to an activating group) is 1. The van der Waals surface area contributed by atoms with Crippen molar-refractivity contribution >= 4 is 11.7 Å². The second-order valence-electron chi connectivity index (χ2n) is 7.89. The van der Waals surface area contributed by atoms with Gasteiger partial charge in [0.05, 0.1) is 18.7 Å². The van der Waals surface area contributed by atoms with Gasteiger partial charge >= 0.3 is 12.5 Å². The number of ether oxygens (including phenoxy) is 1. The maximum atomic E-state index is 13.1. The van der Waals surface area contributed by atoms with Crippen molar-refractivity contribution in [2.24, 2.45) is 0 Å². The molecule has 1 atom stereocenters. The van der Waals surface area contributed by atoms with Gasteiger partial charge in [-0.15, -0.1) is 10.2 Å². The fourth-order valence-corrected chi connectivity index (χ4v) is 3.90. The summed E-state index contributed by atoms with van der Waals surface area (Å²) in [6.07, 6.45) is -0.775. The molecule has 4 rings (SSSR count). The highest BCUT2D eigenvalue weighted by Crippen LogP contribution is 2.24. The number of pyridine rings is 1. The maximum Gasteiger partial charge on any atom is 0.322 e. The third kappa shape index (κ3) is 5.48. The van der Waals surface area contributed by atoms with Crippen LogP contribution in [0.3, 0.4) is 0 Å². The molecule has 1 aliphatic heterocycles. The molecule has 2 amide bonds. The topological polar surface area (TPSA) is 96.6 Å². The molecule has 2 aromatic heterocycles. The molecule has 11 heteroatoms. The van der Waals surface area contributed by atoms with Gasteiger partial charge in [0.1, 0.15) is 5.75 Å². The Morgan fingerprint density at radius 3 is 2.79 bits per heavy atom. The number of amides is 2. The second kappa shape index (κ2) is 10.6. The number of nitrogens with zero attached hydrogens (tertiary/aromatic N) is 5. The van der Waals surface area contributed by atoms with E-state index in [-0.39, 0.29) is 18.0 Å². The molecular weight excluding hydrogens is 446 g/mol. The zero-order valence-electron chi connectivity index (χ0n) is 18.9. The number of hydrogen-bond donors (Lipinski definition) is 1. The van der Waals surface area contributed by atoms with Crippen molar-refractivity contribution in [3.8, 4) is 17.2 Å². The smallest absolute Gasteiger partial charge is 0.322 e. The quantitative estimate of drug-likeness (QED) is 0.558. The summed E-state index contributed by atoms with van der Waals surface area (Å²) in [6.45, 7) is 5.07. The maximum absolute atomic E-state index is 13.1. The predicted molar refractivity (Wildman–Crippen MR) is 121 cm³/mol. The fraction of sp³-hybridized carbons (Fsp3) is 0.391. The molecule has 1 N–H and O–H groups in total. The van der Waals surface area contributed by atoms with Crippen LogP contribution in [-0.2, 0) is 6.42 Å². The van der Waals surface area contributed by atoms with Crippen LogP contribution in [-0.4, -0.2) is 70.3 Å². The number of rotatable bonds is 7. The Hall–Kier alpha value is -3.60. The molecule has 0 aliphatic carbocycles. The van der Waals surface area contributed by atoms with Crippen LogP contribution in [0.1, 0.15) is 24.9 Å². The van der Waals surface area contributed by atoms with Crippen LogP contribution in [0.2, 0.25) is 0 Å². The lowest BCUT2D eigenvalue weighted by Gasteiger charge is -2.41. The van der Waals surface area contributed by atoms with E-state index < -0.39 is 12.3 Å². The number of hydrogen-bond acceptors (Lipinski definition) is 7. The first-order chi connectivity index (χ1) is 16.5. The average Bonchev–Trinajstić information content (AvgIpc) is 3.35. The minimum Gasteiger partial charge on any atom is -0.497 e. The van der Waals surface area contributed by atoms with Gasteiger partial charge in [-0.2, -0.15) is 8.78 Å². The monoisotopic (exact) mass is 472 g/mol. The standard InChI is InChI=1S/C23H26F2N6O3/c1-3-30-9-10-31(23(32)27-17-5-4-6-19(12-17)33-2)18(14-30)11-16-8-7-15(13-26-16)21-28-29-22(34-21)20(24)25/h4-8,12-13,18,20H,3,9-11,14H2,1-2H3,(H,27,32). The van der Waals surface area contributed by atoms with Gasteiger partial charge in [-0.05, 0) is 30.8 Å². The largest absolute Gasteiger partial charge is 0.497 e. The minimum absolute atomic E-state index is 0.0107. The van der Waals surface area contributed by atoms with E-state index in [1.807, 2.05) is 23.1 Å². The molecule has 9 nitrogen and oxygen atoms in total. The Morgan fingerprint density at radius 1 is 1.26 bits per heavy atom. The highest BCUT2D eigenvalue weighted by Gasteiger charge is 2.30. The Labute approximate surface area is 195 Å². The number of alkyl halides is 2. The van der Waals surface area contributed by atoms with Crippen LogP contribution in [0.5, 0.6) is 5.75 Å². The zero-order valence-corrected chi connectivity index (χ0v) is 18.9. The summed E-state index contributed by atoms with van der Waals surface area (Å²) >= 11 is 0. The predicted octanol–water partition coefficient (Wildman–Crippen LogP) is 3.86. The number of carbonyl (C=O) groups excluding carboxylic acids is 1. The summed E-state index contributed by atoms with van der Waals surface area (Å²) in [5.41, 5.74) is 1.88. The van der Waals surface area contributed by atoms with Gasteiger partial charge in [0.25, 0.3) is 5.89 Å². The summed E-state index contributed by atoms with van der Waals surface area (Å²) in [5.74, 6) is -0.0709. The van der Waals surface area contributed by atoms with Crippen LogP contribution in [0.25, 0.3) is 11.5 Å². The number of piperazine rings is 1. The van der Waals surface area contributed by atoms with Crippen LogP contribution < -0.4 is 10.1 Å². The Balaban J connectivity index is 1.47. The van der Waals surface area contributed by atoms with Crippen molar-refractivity contribution in [2.45, 2.75) is 25.8 Å². The van der Waals surface area contributed by atoms with E-state index in [9.17, 15) is 13.6 Å². The third-order valence-corrected chi connectivity index (χ3v) is 5.74. The molecule has 1 aliphatic rings. The molecule has 3 aromatic rings. The van der Waals surface area contributed by atoms with Crippen molar-refractivity contribution in [3.05, 3.63) is 54.2 Å². The number of anilines is 1. The van der Waals surface area contributed by atoms with E-state index in [0.29, 0.717) is 36.5 Å². The van der Waals surface area contributed by atoms with Gasteiger partial charge in [0.15, 0.2) is 0 Å². The van der Waals surface area contributed by atoms with E-state index in [0.717, 1.165) is 18.8 Å². The van der Waals surface area contributed by atoms with Gasteiger partial charge in [-0.1, -0.05) is 13.0 Å². The normalized spacial score (nSPS) is 16.6. The van der Waals surface area contributed by atoms with E-state index in [2.05, 4.69) is 32.3 Å². The first-order valence-electron chi connectivity index (χ1n) is 11.0. The van der Waals surface area contributed by atoms with E-state index in [1.165, 1.54) is 6.20 Å². The highest BCUT2D eigenvalue weighted by molar-refractivity contribution is 5.89. The van der Waals surface area contributed by atoms with E-state index in [1.54, 1.807) is 25.3 Å². The molecule has 1 saturated heterocycles. The number of aromatic nitrogens is 3. The van der Waals surface area contributed by atoms with Gasteiger partial charge < -0.3 is 19.4 Å². The second-order valence-corrected chi connectivity index (χ2v) is 7.89. The molecule has 3 heterocycles. The van der Waals surface area contributed by atoms with Crippen molar-refractivity contribution in [2.75, 3.05) is 38.6 Å². The molecular formula is C23H26F2N6O3. The number of methoxy groups -OCH3 is 1. The van der Waals surface area contributed by atoms with Crippen molar-refractivity contribution in [1.82, 2.24) is 25.0 Å². The first-order valence-corrected chi connectivity index (χ1v) is 11.0. The summed E-state index contributed by atoms with van der Waals surface area (Å²) in [7, 11) is 1.58. The average molecular weight is 472 g/mol. The SMILES string of the molecule is CCN1CCN(C(=O)Nc2cccc(OC)c2)C(Cc2ccc(-c3nnc(C(F)F)o3)cn2)C1. The van der Waals surface area contributed by atoms with Crippen LogP contribution >= 0.6 is 0 Å². The van der Waals surface area contributed by atoms with Gasteiger partial charge in [-0.3, -0.25) is 9.88 Å². The molecule has 1 aromatic carbocycles. The molecule has 180 valence electrons. The number of carbonyl (C=O) groups is 1. The molecule has 1 unspecified atom stereocenters. The summed E-state index contributed by atoms with van der Waals surface area (Å²) in [6, 6.07) is 10.4. The lowest BCUT2D eigenvalue weighted by Crippen LogP contribution is -2.57. The zero-order chi connectivity index (χ0) is 24.1. The molecule has 34 heavy (non-hydrogen) atoms. The number of nitrogens with one attached hydrogen (secondary N) is 1. The van der Waals surface area contributed by atoms with E-state index in [4.69, 9.17) is 9.15 Å². The highest BCUT2D eigenvalue weighted by atomic mass is 19.3. The molecule has 0 radical (unpaired) electrons. The third-order valence-electron chi connectivity index (χ3n) is 5.74. The number of halogens is 2. The van der Waals surface area contributed by atoms with Crippen LogP contribution in [0.4, 0.5) is 19.3 Å². The van der Waals surface area contributed by atoms with Crippen molar-refractivity contribution in [3.63, 3.8) is 0 Å². The molecule has 0 spiro atoms. The number of benzene rings is 1. The van der Waals surface area contributed by atoms with Gasteiger partial charge in [0.2, 0.25) is 5.89 Å². The summed E-state index contributed by atoms with van der Waals surface area (Å²) in [4.78, 5) is 21.7. The number of urea groups is 1. The van der Waals surface area contributed by atoms with Gasteiger partial charge in [0, 0.05) is 49.7 Å². The molecule has 0 bridgehead atoms. The first kappa shape index (κ1) is 23.6. The van der Waals surface area contributed by atoms with Gasteiger partial charge in [-0.25, -0.2) is 4.79 Å². The van der Waals surface area contributed by atoms with E-state index >= 15 is 0 Å². The minimum atomic E-state index is -2.82.